The minimum atomic E-state index is 0.520. The van der Waals surface area contributed by atoms with Gasteiger partial charge in [-0.2, -0.15) is 0 Å². The first-order valence-electron chi connectivity index (χ1n) is 5.52. The number of hydrogen-bond donors (Lipinski definition) is 1. The van der Waals surface area contributed by atoms with Gasteiger partial charge in [0.25, 0.3) is 0 Å². The molecule has 0 saturated heterocycles. The second-order valence-electron chi connectivity index (χ2n) is 3.72. The first-order valence-corrected chi connectivity index (χ1v) is 5.90. The number of benzene rings is 1. The van der Waals surface area contributed by atoms with Crippen molar-refractivity contribution >= 4 is 11.6 Å². The molecule has 0 aliphatic carbocycles. The highest BCUT2D eigenvalue weighted by atomic mass is 35.5. The summed E-state index contributed by atoms with van der Waals surface area (Å²) in [6, 6.07) is 7.39. The van der Waals surface area contributed by atoms with Gasteiger partial charge < -0.3 is 9.73 Å². The molecule has 5 heteroatoms. The van der Waals surface area contributed by atoms with E-state index < -0.39 is 0 Å². The maximum Gasteiger partial charge on any atom is 0.247 e. The van der Waals surface area contributed by atoms with Crippen molar-refractivity contribution in [3.05, 3.63) is 35.2 Å². The number of nitrogens with zero attached hydrogens (tertiary/aromatic N) is 2. The summed E-state index contributed by atoms with van der Waals surface area (Å²) in [6.07, 6.45) is 1.77. The van der Waals surface area contributed by atoms with Crippen LogP contribution >= 0.6 is 11.6 Å². The number of hydrogen-bond acceptors (Lipinski definition) is 4. The van der Waals surface area contributed by atoms with Gasteiger partial charge in [0.15, 0.2) is 0 Å². The molecule has 0 spiro atoms. The van der Waals surface area contributed by atoms with Crippen LogP contribution in [0.25, 0.3) is 11.5 Å². The summed E-state index contributed by atoms with van der Waals surface area (Å²) >= 11 is 5.91. The Morgan fingerprint density at radius 1 is 1.35 bits per heavy atom. The van der Waals surface area contributed by atoms with E-state index >= 15 is 0 Å². The second-order valence-corrected chi connectivity index (χ2v) is 4.15. The first kappa shape index (κ1) is 12.1. The highest BCUT2D eigenvalue weighted by Crippen LogP contribution is 2.21. The van der Waals surface area contributed by atoms with Crippen molar-refractivity contribution in [1.29, 1.82) is 0 Å². The van der Waals surface area contributed by atoms with Crippen molar-refractivity contribution in [2.75, 3.05) is 13.6 Å². The van der Waals surface area contributed by atoms with Gasteiger partial charge >= 0.3 is 0 Å². The second kappa shape index (κ2) is 5.80. The fourth-order valence-electron chi connectivity index (χ4n) is 1.51. The van der Waals surface area contributed by atoms with Crippen LogP contribution in [0.15, 0.2) is 28.7 Å². The maximum atomic E-state index is 5.91. The summed E-state index contributed by atoms with van der Waals surface area (Å²) in [4.78, 5) is 0. The molecule has 0 amide bonds. The zero-order valence-corrected chi connectivity index (χ0v) is 10.4. The zero-order chi connectivity index (χ0) is 12.1. The van der Waals surface area contributed by atoms with E-state index in [0.29, 0.717) is 16.8 Å². The van der Waals surface area contributed by atoms with Crippen LogP contribution in [0.1, 0.15) is 12.3 Å². The zero-order valence-electron chi connectivity index (χ0n) is 9.61. The van der Waals surface area contributed by atoms with Crippen molar-refractivity contribution in [2.24, 2.45) is 0 Å². The summed E-state index contributed by atoms with van der Waals surface area (Å²) in [5.41, 5.74) is 0.852. The Bertz CT molecular complexity index is 484. The first-order chi connectivity index (χ1) is 8.29. The van der Waals surface area contributed by atoms with Gasteiger partial charge in [-0.1, -0.05) is 17.7 Å². The quantitative estimate of drug-likeness (QED) is 0.830. The lowest BCUT2D eigenvalue weighted by molar-refractivity contribution is 0.495. The Morgan fingerprint density at radius 2 is 2.24 bits per heavy atom. The van der Waals surface area contributed by atoms with Crippen molar-refractivity contribution in [1.82, 2.24) is 15.5 Å². The molecule has 0 aliphatic rings. The van der Waals surface area contributed by atoms with Crippen LogP contribution in [-0.2, 0) is 6.42 Å². The van der Waals surface area contributed by atoms with Crippen LogP contribution in [0.5, 0.6) is 0 Å². The Kier molecular flexibility index (Phi) is 4.12. The molecule has 0 bridgehead atoms. The van der Waals surface area contributed by atoms with Crippen LogP contribution in [0.2, 0.25) is 5.02 Å². The highest BCUT2D eigenvalue weighted by Gasteiger charge is 2.08. The lowest BCUT2D eigenvalue weighted by atomic mass is 10.2. The third-order valence-corrected chi connectivity index (χ3v) is 2.59. The number of aryl methyl sites for hydroxylation is 1. The van der Waals surface area contributed by atoms with Crippen molar-refractivity contribution < 1.29 is 4.42 Å². The molecule has 2 rings (SSSR count). The van der Waals surface area contributed by atoms with Crippen LogP contribution in [0.3, 0.4) is 0 Å². The van der Waals surface area contributed by atoms with Crippen molar-refractivity contribution in [2.45, 2.75) is 12.8 Å². The van der Waals surface area contributed by atoms with Gasteiger partial charge in [-0.3, -0.25) is 0 Å². The minimum absolute atomic E-state index is 0.520. The Labute approximate surface area is 105 Å². The topological polar surface area (TPSA) is 51.0 Å². The molecule has 90 valence electrons. The smallest absolute Gasteiger partial charge is 0.247 e. The molecule has 0 aliphatic heterocycles. The van der Waals surface area contributed by atoms with Crippen LogP contribution in [0.4, 0.5) is 0 Å². The molecule has 0 atom stereocenters. The van der Waals surface area contributed by atoms with E-state index in [1.807, 2.05) is 31.3 Å². The highest BCUT2D eigenvalue weighted by molar-refractivity contribution is 6.30. The minimum Gasteiger partial charge on any atom is -0.421 e. The van der Waals surface area contributed by atoms with Gasteiger partial charge in [-0.05, 0) is 38.2 Å². The molecular formula is C12H14ClN3O. The fourth-order valence-corrected chi connectivity index (χ4v) is 1.70. The largest absolute Gasteiger partial charge is 0.421 e. The average Bonchev–Trinajstić information content (AvgIpc) is 2.78. The van der Waals surface area contributed by atoms with Crippen LogP contribution < -0.4 is 5.32 Å². The Balaban J connectivity index is 2.07. The van der Waals surface area contributed by atoms with E-state index in [-0.39, 0.29) is 0 Å². The normalized spacial score (nSPS) is 10.7. The molecule has 4 nitrogen and oxygen atoms in total. The predicted molar refractivity (Wildman–Crippen MR) is 67.0 cm³/mol. The number of aromatic nitrogens is 2. The molecule has 1 aromatic heterocycles. The Hall–Kier alpha value is -1.39. The average molecular weight is 252 g/mol. The van der Waals surface area contributed by atoms with E-state index in [4.69, 9.17) is 16.0 Å². The Morgan fingerprint density at radius 3 is 3.00 bits per heavy atom. The number of halogens is 1. The summed E-state index contributed by atoms with van der Waals surface area (Å²) in [5, 5.41) is 11.8. The van der Waals surface area contributed by atoms with E-state index in [1.165, 1.54) is 0 Å². The molecule has 0 unspecified atom stereocenters. The summed E-state index contributed by atoms with van der Waals surface area (Å²) in [7, 11) is 1.92. The molecule has 1 aromatic carbocycles. The molecule has 0 fully saturated rings. The molecular weight excluding hydrogens is 238 g/mol. The lowest BCUT2D eigenvalue weighted by Gasteiger charge is -1.96. The third kappa shape index (κ3) is 3.28. The van der Waals surface area contributed by atoms with E-state index in [9.17, 15) is 0 Å². The molecule has 0 radical (unpaired) electrons. The third-order valence-electron chi connectivity index (χ3n) is 2.36. The standard InChI is InChI=1S/C12H14ClN3O/c1-14-7-3-6-11-15-16-12(17-11)9-4-2-5-10(13)8-9/h2,4-5,8,14H,3,6-7H2,1H3. The summed E-state index contributed by atoms with van der Waals surface area (Å²) < 4.78 is 5.56. The fraction of sp³-hybridized carbons (Fsp3) is 0.333. The molecule has 0 saturated carbocycles. The summed E-state index contributed by atoms with van der Waals surface area (Å²) in [6.45, 7) is 0.939. The molecule has 2 aromatic rings. The molecule has 1 heterocycles. The van der Waals surface area contributed by atoms with Crippen molar-refractivity contribution in [3.8, 4) is 11.5 Å². The van der Waals surface area contributed by atoms with Gasteiger partial charge in [0.1, 0.15) is 0 Å². The van der Waals surface area contributed by atoms with Gasteiger partial charge in [0.2, 0.25) is 11.8 Å². The molecule has 17 heavy (non-hydrogen) atoms. The van der Waals surface area contributed by atoms with Gasteiger partial charge in [-0.15, -0.1) is 10.2 Å². The SMILES string of the molecule is CNCCCc1nnc(-c2cccc(Cl)c2)o1. The van der Waals surface area contributed by atoms with E-state index in [2.05, 4.69) is 15.5 Å². The van der Waals surface area contributed by atoms with Crippen molar-refractivity contribution in [3.63, 3.8) is 0 Å². The van der Waals surface area contributed by atoms with Crippen LogP contribution in [0, 0.1) is 0 Å². The predicted octanol–water partition coefficient (Wildman–Crippen LogP) is 2.54. The van der Waals surface area contributed by atoms with Gasteiger partial charge in [-0.25, -0.2) is 0 Å². The number of rotatable bonds is 5. The summed E-state index contributed by atoms with van der Waals surface area (Å²) in [5.74, 6) is 1.18. The van der Waals surface area contributed by atoms with E-state index in [1.54, 1.807) is 0 Å². The lowest BCUT2D eigenvalue weighted by Crippen LogP contribution is -2.08. The maximum absolute atomic E-state index is 5.91. The number of nitrogens with one attached hydrogen (secondary N) is 1. The van der Waals surface area contributed by atoms with E-state index in [0.717, 1.165) is 24.9 Å². The molecule has 1 N–H and O–H groups in total. The van der Waals surface area contributed by atoms with Crippen LogP contribution in [-0.4, -0.2) is 23.8 Å². The van der Waals surface area contributed by atoms with Gasteiger partial charge in [0, 0.05) is 17.0 Å². The van der Waals surface area contributed by atoms with Gasteiger partial charge in [0.05, 0.1) is 0 Å². The monoisotopic (exact) mass is 251 g/mol.